The third kappa shape index (κ3) is 3.82. The first-order valence-electron chi connectivity index (χ1n) is 10.3. The van der Waals surface area contributed by atoms with E-state index in [2.05, 4.69) is 31.2 Å². The molecule has 0 bridgehead atoms. The van der Waals surface area contributed by atoms with Gasteiger partial charge in [-0.1, -0.05) is 54.1 Å². The van der Waals surface area contributed by atoms with E-state index in [0.717, 1.165) is 39.6 Å². The molecule has 0 amide bonds. The lowest BCUT2D eigenvalue weighted by Crippen LogP contribution is -2.01. The first kappa shape index (κ1) is 19.1. The zero-order valence-electron chi connectivity index (χ0n) is 17.5. The minimum absolute atomic E-state index is 0.120. The van der Waals surface area contributed by atoms with Crippen LogP contribution in [0.1, 0.15) is 34.0 Å². The molecule has 0 radical (unpaired) electrons. The Hall–Kier alpha value is -3.86. The lowest BCUT2D eigenvalue weighted by atomic mass is 10.1. The van der Waals surface area contributed by atoms with E-state index in [1.54, 1.807) is 4.40 Å². The highest BCUT2D eigenvalue weighted by molar-refractivity contribution is 5.63. The Balaban J connectivity index is 1.66. The van der Waals surface area contributed by atoms with Gasteiger partial charge in [0, 0.05) is 18.2 Å². The molecule has 0 aliphatic rings. The van der Waals surface area contributed by atoms with Gasteiger partial charge in [-0.2, -0.15) is 0 Å². The molecule has 5 aromatic rings. The van der Waals surface area contributed by atoms with Gasteiger partial charge in [-0.05, 0) is 37.6 Å². The molecule has 0 unspecified atom stereocenters. The van der Waals surface area contributed by atoms with E-state index in [9.17, 15) is 5.11 Å². The van der Waals surface area contributed by atoms with Crippen LogP contribution in [0.3, 0.4) is 0 Å². The molecule has 31 heavy (non-hydrogen) atoms. The maximum absolute atomic E-state index is 11.0. The second-order valence-electron chi connectivity index (χ2n) is 7.87. The molecular formula is C26H23N3O2. The molecule has 0 atom stereocenters. The van der Waals surface area contributed by atoms with Crippen LogP contribution < -0.4 is 0 Å². The zero-order valence-corrected chi connectivity index (χ0v) is 17.5. The van der Waals surface area contributed by atoms with E-state index in [1.165, 1.54) is 0 Å². The number of aryl methyl sites for hydroxylation is 2. The monoisotopic (exact) mass is 409 g/mol. The lowest BCUT2D eigenvalue weighted by Gasteiger charge is -2.09. The first-order chi connectivity index (χ1) is 15.1. The van der Waals surface area contributed by atoms with Gasteiger partial charge in [0.15, 0.2) is 5.65 Å². The van der Waals surface area contributed by atoms with Crippen molar-refractivity contribution < 1.29 is 9.52 Å². The van der Waals surface area contributed by atoms with E-state index in [-0.39, 0.29) is 5.88 Å². The Bertz CT molecular complexity index is 1370. The van der Waals surface area contributed by atoms with Crippen LogP contribution in [0.25, 0.3) is 16.9 Å². The Labute approximate surface area is 180 Å². The van der Waals surface area contributed by atoms with Gasteiger partial charge in [-0.25, -0.2) is 9.97 Å². The predicted molar refractivity (Wildman–Crippen MR) is 120 cm³/mol. The summed E-state index contributed by atoms with van der Waals surface area (Å²) in [7, 11) is 0. The van der Waals surface area contributed by atoms with Crippen LogP contribution >= 0.6 is 0 Å². The summed E-state index contributed by atoms with van der Waals surface area (Å²) in [5.74, 6) is 1.73. The molecule has 3 aromatic heterocycles. The number of aromatic nitrogens is 3. The first-order valence-corrected chi connectivity index (χ1v) is 10.3. The predicted octanol–water partition coefficient (Wildman–Crippen LogP) is 5.49. The average Bonchev–Trinajstić information content (AvgIpc) is 3.32. The Morgan fingerprint density at radius 1 is 0.871 bits per heavy atom. The van der Waals surface area contributed by atoms with Crippen LogP contribution in [0.15, 0.2) is 77.3 Å². The fraction of sp³-hybridized carbons (Fsp3) is 0.154. The lowest BCUT2D eigenvalue weighted by molar-refractivity contribution is 0.436. The fourth-order valence-corrected chi connectivity index (χ4v) is 3.86. The van der Waals surface area contributed by atoms with Crippen LogP contribution in [-0.2, 0) is 12.8 Å². The smallest absolute Gasteiger partial charge is 0.219 e. The summed E-state index contributed by atoms with van der Waals surface area (Å²) in [6.45, 7) is 3.97. The number of hydrogen-bond donors (Lipinski definition) is 1. The van der Waals surface area contributed by atoms with E-state index in [0.29, 0.717) is 24.2 Å². The fourth-order valence-electron chi connectivity index (χ4n) is 3.86. The van der Waals surface area contributed by atoms with Crippen molar-refractivity contribution in [2.24, 2.45) is 0 Å². The molecule has 1 N–H and O–H groups in total. The van der Waals surface area contributed by atoms with Crippen LogP contribution in [0, 0.1) is 13.8 Å². The van der Waals surface area contributed by atoms with Gasteiger partial charge in [0.25, 0.3) is 0 Å². The van der Waals surface area contributed by atoms with Crippen molar-refractivity contribution in [3.05, 3.63) is 107 Å². The number of hydrogen-bond acceptors (Lipinski definition) is 4. The number of imidazole rings is 1. The number of furan rings is 1. The molecule has 5 nitrogen and oxygen atoms in total. The van der Waals surface area contributed by atoms with Crippen LogP contribution in [0.4, 0.5) is 0 Å². The summed E-state index contributed by atoms with van der Waals surface area (Å²) in [5, 5.41) is 11.0. The third-order valence-electron chi connectivity index (χ3n) is 5.39. The summed E-state index contributed by atoms with van der Waals surface area (Å²) < 4.78 is 7.44. The Morgan fingerprint density at radius 2 is 1.71 bits per heavy atom. The highest BCUT2D eigenvalue weighted by atomic mass is 16.3. The van der Waals surface area contributed by atoms with E-state index in [4.69, 9.17) is 14.4 Å². The van der Waals surface area contributed by atoms with Crippen LogP contribution in [0.5, 0.6) is 5.88 Å². The van der Waals surface area contributed by atoms with Gasteiger partial charge in [0.2, 0.25) is 5.88 Å². The molecule has 154 valence electrons. The number of aromatic hydroxyl groups is 1. The Morgan fingerprint density at radius 3 is 2.45 bits per heavy atom. The molecular weight excluding hydrogens is 386 g/mol. The van der Waals surface area contributed by atoms with Crippen molar-refractivity contribution in [1.29, 1.82) is 0 Å². The van der Waals surface area contributed by atoms with Crippen molar-refractivity contribution in [3.63, 3.8) is 0 Å². The Kier molecular flexibility index (Phi) is 4.79. The quantitative estimate of drug-likeness (QED) is 0.417. The molecule has 3 heterocycles. The van der Waals surface area contributed by atoms with E-state index >= 15 is 0 Å². The average molecular weight is 409 g/mol. The summed E-state index contributed by atoms with van der Waals surface area (Å²) in [6, 6.07) is 22.2. The number of nitrogens with zero attached hydrogens (tertiary/aromatic N) is 3. The van der Waals surface area contributed by atoms with Gasteiger partial charge in [0.1, 0.15) is 17.2 Å². The second-order valence-corrected chi connectivity index (χ2v) is 7.87. The number of benzene rings is 2. The second kappa shape index (κ2) is 7.76. The minimum atomic E-state index is 0.120. The van der Waals surface area contributed by atoms with Crippen molar-refractivity contribution in [1.82, 2.24) is 14.4 Å². The summed E-state index contributed by atoms with van der Waals surface area (Å²) in [5.41, 5.74) is 6.17. The van der Waals surface area contributed by atoms with Crippen molar-refractivity contribution >= 4 is 5.65 Å². The maximum atomic E-state index is 11.0. The summed E-state index contributed by atoms with van der Waals surface area (Å²) >= 11 is 0. The molecule has 0 fully saturated rings. The molecule has 0 spiro atoms. The number of fused-ring (bicyclic) bond motifs is 1. The molecule has 0 aliphatic carbocycles. The van der Waals surface area contributed by atoms with Crippen LogP contribution in [-0.4, -0.2) is 19.5 Å². The van der Waals surface area contributed by atoms with Gasteiger partial charge in [-0.3, -0.25) is 4.40 Å². The molecule has 5 rings (SSSR count). The van der Waals surface area contributed by atoms with Gasteiger partial charge < -0.3 is 9.52 Å². The van der Waals surface area contributed by atoms with Crippen molar-refractivity contribution in [3.8, 4) is 17.1 Å². The van der Waals surface area contributed by atoms with Crippen molar-refractivity contribution in [2.75, 3.05) is 0 Å². The van der Waals surface area contributed by atoms with Gasteiger partial charge in [0.05, 0.1) is 17.8 Å². The topological polar surface area (TPSA) is 63.6 Å². The minimum Gasteiger partial charge on any atom is -0.493 e. The molecule has 0 saturated heterocycles. The van der Waals surface area contributed by atoms with Crippen molar-refractivity contribution in [2.45, 2.75) is 26.7 Å². The molecule has 0 saturated carbocycles. The highest BCUT2D eigenvalue weighted by Gasteiger charge is 2.19. The molecule has 2 aromatic carbocycles. The summed E-state index contributed by atoms with van der Waals surface area (Å²) in [4.78, 5) is 9.71. The van der Waals surface area contributed by atoms with E-state index < -0.39 is 0 Å². The molecule has 0 aliphatic heterocycles. The van der Waals surface area contributed by atoms with E-state index in [1.807, 2.05) is 55.6 Å². The van der Waals surface area contributed by atoms with Crippen LogP contribution in [0.2, 0.25) is 0 Å². The largest absolute Gasteiger partial charge is 0.493 e. The standard InChI is InChI=1S/C26H23N3O2/c1-17-7-6-10-20(13-17)24-16-29-25(22(27-24)14-19-8-4-3-5-9-19)28-23(26(29)30)15-21-12-11-18(2)31-21/h3-13,16,30H,14-15H2,1-2H3. The zero-order chi connectivity index (χ0) is 21.4. The highest BCUT2D eigenvalue weighted by Crippen LogP contribution is 2.28. The SMILES string of the molecule is Cc1cccc(-c2cn3c(O)c(Cc4ccc(C)o4)nc3c(Cc3ccccc3)n2)c1. The summed E-state index contributed by atoms with van der Waals surface area (Å²) in [6.07, 6.45) is 2.91. The maximum Gasteiger partial charge on any atom is 0.219 e. The van der Waals surface area contributed by atoms with Gasteiger partial charge in [-0.15, -0.1) is 0 Å². The van der Waals surface area contributed by atoms with Gasteiger partial charge >= 0.3 is 0 Å². The normalized spacial score (nSPS) is 11.3. The third-order valence-corrected chi connectivity index (χ3v) is 5.39. The molecule has 5 heteroatoms. The number of rotatable bonds is 5.